The van der Waals surface area contributed by atoms with Gasteiger partial charge < -0.3 is 10.3 Å². The topological polar surface area (TPSA) is 151 Å². The minimum Gasteiger partial charge on any atom is -0.358 e. The van der Waals surface area contributed by atoms with Gasteiger partial charge in [-0.15, -0.1) is 0 Å². The number of carbonyl (C=O) groups is 1. The van der Waals surface area contributed by atoms with Crippen LogP contribution >= 0.6 is 0 Å². The number of imidazole rings is 1. The van der Waals surface area contributed by atoms with Crippen LogP contribution in [0.2, 0.25) is 0 Å². The van der Waals surface area contributed by atoms with E-state index in [-0.39, 0.29) is 23.0 Å². The number of hydrogen-bond donors (Lipinski definition) is 4. The lowest BCUT2D eigenvalue weighted by Crippen LogP contribution is -2.30. The Hall–Kier alpha value is -4.71. The maximum atomic E-state index is 14.7. The third-order valence-electron chi connectivity index (χ3n) is 5.87. The number of amides is 1. The van der Waals surface area contributed by atoms with Crippen LogP contribution in [0.15, 0.2) is 59.9 Å². The molecule has 0 aliphatic heterocycles. The Bertz CT molecular complexity index is 1630. The second-order valence-corrected chi connectivity index (χ2v) is 8.06. The molecule has 0 spiro atoms. The first-order valence-corrected chi connectivity index (χ1v) is 11.1. The number of H-pyrrole nitrogens is 1. The van der Waals surface area contributed by atoms with Gasteiger partial charge in [-0.25, -0.2) is 29.8 Å². The molecule has 182 valence electrons. The normalized spacial score (nSPS) is 12.1. The number of benzene rings is 2. The van der Waals surface area contributed by atoms with Crippen LogP contribution in [-0.4, -0.2) is 40.6 Å². The number of fused-ring (bicyclic) bond motifs is 2. The van der Waals surface area contributed by atoms with Crippen molar-refractivity contribution >= 4 is 33.8 Å². The van der Waals surface area contributed by atoms with E-state index in [1.54, 1.807) is 23.7 Å². The first-order chi connectivity index (χ1) is 17.5. The number of halogens is 1. The minimum atomic E-state index is -0.657. The highest BCUT2D eigenvalue weighted by atomic mass is 19.1. The van der Waals surface area contributed by atoms with E-state index in [1.165, 1.54) is 41.5 Å². The summed E-state index contributed by atoms with van der Waals surface area (Å²) in [5, 5.41) is 12.0. The lowest BCUT2D eigenvalue weighted by molar-refractivity contribution is 0.0706. The summed E-state index contributed by atoms with van der Waals surface area (Å²) in [6.45, 7) is 2.00. The van der Waals surface area contributed by atoms with Crippen LogP contribution in [0, 0.1) is 5.82 Å². The minimum absolute atomic E-state index is 0.0756. The zero-order valence-corrected chi connectivity index (χ0v) is 19.1. The fraction of sp³-hybridized carbons (Fsp3) is 0.167. The third-order valence-corrected chi connectivity index (χ3v) is 5.87. The fourth-order valence-electron chi connectivity index (χ4n) is 4.05. The van der Waals surface area contributed by atoms with Crippen molar-refractivity contribution in [3.05, 3.63) is 88.2 Å². The van der Waals surface area contributed by atoms with Crippen LogP contribution in [0.25, 0.3) is 22.1 Å². The molecule has 0 aliphatic rings. The zero-order chi connectivity index (χ0) is 25.2. The monoisotopic (exact) mass is 488 g/mol. The molecule has 1 amide bonds. The molecule has 0 radical (unpaired) electrons. The molecule has 3 aromatic heterocycles. The molecular formula is C24H21FN8O3. The molecule has 12 heteroatoms. The van der Waals surface area contributed by atoms with Gasteiger partial charge in [0.05, 0.1) is 24.4 Å². The van der Waals surface area contributed by atoms with Gasteiger partial charge in [0.15, 0.2) is 11.5 Å². The van der Waals surface area contributed by atoms with Gasteiger partial charge in [0.25, 0.3) is 11.5 Å². The van der Waals surface area contributed by atoms with Gasteiger partial charge in [-0.2, -0.15) is 0 Å². The van der Waals surface area contributed by atoms with Crippen molar-refractivity contribution in [1.82, 2.24) is 35.0 Å². The van der Waals surface area contributed by atoms with Gasteiger partial charge in [-0.1, -0.05) is 25.1 Å². The van der Waals surface area contributed by atoms with Crippen LogP contribution in [-0.2, 0) is 6.54 Å². The van der Waals surface area contributed by atoms with Gasteiger partial charge in [-0.05, 0) is 36.2 Å². The lowest BCUT2D eigenvalue weighted by Gasteiger charge is -2.22. The van der Waals surface area contributed by atoms with Crippen LogP contribution in [0.4, 0.5) is 10.2 Å². The number of aromatic amines is 1. The van der Waals surface area contributed by atoms with Gasteiger partial charge in [0.2, 0.25) is 0 Å². The molecule has 2 aromatic carbocycles. The van der Waals surface area contributed by atoms with Gasteiger partial charge >= 0.3 is 0 Å². The van der Waals surface area contributed by atoms with Crippen LogP contribution in [0.3, 0.4) is 0 Å². The SMILES string of the molecule is CC[C@H](Nc1ncnc2[nH]cnc12)c1nc2cccc(F)c2c(=O)n1Cc1ccc(C(=O)NO)cc1. The summed E-state index contributed by atoms with van der Waals surface area (Å²) in [4.78, 5) is 45.5. The van der Waals surface area contributed by atoms with Crippen molar-refractivity contribution in [2.45, 2.75) is 25.9 Å². The van der Waals surface area contributed by atoms with E-state index in [0.29, 0.717) is 34.8 Å². The maximum absolute atomic E-state index is 14.7. The van der Waals surface area contributed by atoms with E-state index in [9.17, 15) is 14.0 Å². The highest BCUT2D eigenvalue weighted by Gasteiger charge is 2.22. The van der Waals surface area contributed by atoms with E-state index < -0.39 is 23.3 Å². The number of anilines is 1. The standard InChI is InChI=1S/C24H21FN8O3/c1-2-16(30-21-19-20(27-11-26-19)28-12-29-21)22-31-17-5-3-4-15(25)18(17)24(35)33(22)10-13-6-8-14(9-7-13)23(34)32-36/h3-9,11-12,16,36H,2,10H2,1H3,(H,32,34)(H2,26,27,28,29,30)/t16-/m0/s1. The third kappa shape index (κ3) is 4.14. The summed E-state index contributed by atoms with van der Waals surface area (Å²) in [6.07, 6.45) is 3.44. The highest BCUT2D eigenvalue weighted by Crippen LogP contribution is 2.25. The molecule has 5 rings (SSSR count). The van der Waals surface area contributed by atoms with Crippen molar-refractivity contribution in [2.24, 2.45) is 0 Å². The number of hydroxylamine groups is 1. The summed E-state index contributed by atoms with van der Waals surface area (Å²) < 4.78 is 16.1. The fourth-order valence-corrected chi connectivity index (χ4v) is 4.05. The molecule has 36 heavy (non-hydrogen) atoms. The largest absolute Gasteiger partial charge is 0.358 e. The van der Waals surface area contributed by atoms with E-state index in [2.05, 4.69) is 30.2 Å². The second-order valence-electron chi connectivity index (χ2n) is 8.06. The zero-order valence-electron chi connectivity index (χ0n) is 19.1. The van der Waals surface area contributed by atoms with Crippen molar-refractivity contribution in [3.63, 3.8) is 0 Å². The Morgan fingerprint density at radius 2 is 1.97 bits per heavy atom. The van der Waals surface area contributed by atoms with Crippen molar-refractivity contribution in [2.75, 3.05) is 5.32 Å². The first kappa shape index (κ1) is 23.1. The molecule has 0 saturated heterocycles. The summed E-state index contributed by atoms with van der Waals surface area (Å²) >= 11 is 0. The predicted octanol–water partition coefficient (Wildman–Crippen LogP) is 2.93. The quantitative estimate of drug-likeness (QED) is 0.202. The number of carbonyl (C=O) groups excluding carboxylic acids is 1. The molecule has 4 N–H and O–H groups in total. The number of hydrogen-bond acceptors (Lipinski definition) is 8. The molecule has 0 aliphatic carbocycles. The van der Waals surface area contributed by atoms with Crippen molar-refractivity contribution in [3.8, 4) is 0 Å². The van der Waals surface area contributed by atoms with Gasteiger partial charge in [0.1, 0.15) is 28.9 Å². The number of aromatic nitrogens is 6. The predicted molar refractivity (Wildman–Crippen MR) is 129 cm³/mol. The Balaban J connectivity index is 1.62. The summed E-state index contributed by atoms with van der Waals surface area (Å²) in [5.74, 6) is -0.457. The summed E-state index contributed by atoms with van der Waals surface area (Å²) in [7, 11) is 0. The van der Waals surface area contributed by atoms with Gasteiger partial charge in [0, 0.05) is 5.56 Å². The van der Waals surface area contributed by atoms with E-state index >= 15 is 0 Å². The molecule has 0 bridgehead atoms. The highest BCUT2D eigenvalue weighted by molar-refractivity contribution is 5.93. The first-order valence-electron chi connectivity index (χ1n) is 11.1. The van der Waals surface area contributed by atoms with Crippen molar-refractivity contribution in [1.29, 1.82) is 0 Å². The molecule has 3 heterocycles. The molecule has 5 aromatic rings. The molecule has 1 atom stereocenters. The Labute approximate surface area is 203 Å². The lowest BCUT2D eigenvalue weighted by atomic mass is 10.1. The smallest absolute Gasteiger partial charge is 0.274 e. The molecular weight excluding hydrogens is 467 g/mol. The Morgan fingerprint density at radius 1 is 1.17 bits per heavy atom. The van der Waals surface area contributed by atoms with Crippen LogP contribution in [0.1, 0.15) is 41.1 Å². The average Bonchev–Trinajstić information content (AvgIpc) is 3.38. The maximum Gasteiger partial charge on any atom is 0.274 e. The van der Waals surface area contributed by atoms with E-state index in [0.717, 1.165) is 0 Å². The molecule has 0 unspecified atom stereocenters. The average molecular weight is 488 g/mol. The van der Waals surface area contributed by atoms with E-state index in [4.69, 9.17) is 5.21 Å². The van der Waals surface area contributed by atoms with E-state index in [1.807, 2.05) is 6.92 Å². The second kappa shape index (κ2) is 9.50. The number of nitrogens with one attached hydrogen (secondary N) is 3. The number of nitrogens with zero attached hydrogens (tertiary/aromatic N) is 5. The molecule has 0 fully saturated rings. The number of rotatable bonds is 7. The summed E-state index contributed by atoms with van der Waals surface area (Å²) in [5.41, 5.74) is 3.31. The summed E-state index contributed by atoms with van der Waals surface area (Å²) in [6, 6.07) is 10.2. The van der Waals surface area contributed by atoms with Gasteiger partial charge in [-0.3, -0.25) is 19.4 Å². The van der Waals surface area contributed by atoms with Crippen LogP contribution < -0.4 is 16.4 Å². The Kier molecular flexibility index (Phi) is 6.09. The Morgan fingerprint density at radius 3 is 2.72 bits per heavy atom. The van der Waals surface area contributed by atoms with Crippen LogP contribution in [0.5, 0.6) is 0 Å². The van der Waals surface area contributed by atoms with Crippen molar-refractivity contribution < 1.29 is 14.4 Å². The molecule has 0 saturated carbocycles. The molecule has 11 nitrogen and oxygen atoms in total.